The lowest BCUT2D eigenvalue weighted by molar-refractivity contribution is 0.559. The van der Waals surface area contributed by atoms with Crippen LogP contribution in [0, 0.1) is 0 Å². The molecule has 5 heteroatoms. The number of nitrogens with zero attached hydrogens (tertiary/aromatic N) is 2. The van der Waals surface area contributed by atoms with Crippen LogP contribution in [0.1, 0.15) is 23.0 Å². The van der Waals surface area contributed by atoms with Crippen molar-refractivity contribution in [2.24, 2.45) is 7.05 Å². The van der Waals surface area contributed by atoms with Gasteiger partial charge in [0.2, 0.25) is 0 Å². The van der Waals surface area contributed by atoms with E-state index in [2.05, 4.69) is 69.5 Å². The Morgan fingerprint density at radius 1 is 1.00 bits per heavy atom. The minimum absolute atomic E-state index is 0. The van der Waals surface area contributed by atoms with E-state index in [1.807, 2.05) is 31.6 Å². The summed E-state index contributed by atoms with van der Waals surface area (Å²) in [4.78, 5) is 4.56. The molecule has 0 radical (unpaired) electrons. The monoisotopic (exact) mass is 397 g/mol. The molecule has 0 fully saturated rings. The molecule has 138 valence electrons. The third-order valence-electron chi connectivity index (χ3n) is 4.70. The Morgan fingerprint density at radius 2 is 1.74 bits per heavy atom. The molecule has 0 aliphatic carbocycles. The van der Waals surface area contributed by atoms with Crippen LogP contribution in [-0.4, -0.2) is 9.55 Å². The molecule has 0 saturated heterocycles. The molecular weight excluding hydrogens is 377 g/mol. The van der Waals surface area contributed by atoms with Crippen LogP contribution in [0.25, 0.3) is 10.8 Å². The van der Waals surface area contributed by atoms with Crippen LogP contribution in [-0.2, 0) is 13.6 Å². The normalized spacial score (nSPS) is 11.9. The van der Waals surface area contributed by atoms with Gasteiger partial charge in [0.25, 0.3) is 0 Å². The van der Waals surface area contributed by atoms with Gasteiger partial charge in [-0.15, -0.1) is 12.4 Å². The van der Waals surface area contributed by atoms with Gasteiger partial charge >= 0.3 is 0 Å². The van der Waals surface area contributed by atoms with Gasteiger partial charge in [-0.05, 0) is 34.0 Å². The molecule has 0 aliphatic heterocycles. The molecule has 3 aromatic carbocycles. The summed E-state index contributed by atoms with van der Waals surface area (Å²) < 4.78 is 2.05. The summed E-state index contributed by atoms with van der Waals surface area (Å²) >= 11 is 6.07. The van der Waals surface area contributed by atoms with Gasteiger partial charge < -0.3 is 4.57 Å². The minimum Gasteiger partial charge on any atom is -0.336 e. The smallest absolute Gasteiger partial charge is 0.130 e. The predicted octanol–water partition coefficient (Wildman–Crippen LogP) is 5.53. The van der Waals surface area contributed by atoms with Crippen LogP contribution >= 0.6 is 24.0 Å². The van der Waals surface area contributed by atoms with E-state index in [0.29, 0.717) is 0 Å². The van der Waals surface area contributed by atoms with Crippen molar-refractivity contribution in [1.82, 2.24) is 14.9 Å². The molecule has 27 heavy (non-hydrogen) atoms. The molecule has 3 nitrogen and oxygen atoms in total. The van der Waals surface area contributed by atoms with Crippen LogP contribution in [0.5, 0.6) is 0 Å². The number of aryl methyl sites for hydroxylation is 1. The number of fused-ring (bicyclic) bond motifs is 1. The number of imidazole rings is 1. The van der Waals surface area contributed by atoms with Gasteiger partial charge in [0.15, 0.2) is 0 Å². The van der Waals surface area contributed by atoms with Gasteiger partial charge in [-0.25, -0.2) is 4.98 Å². The lowest BCUT2D eigenvalue weighted by atomic mass is 10.0. The van der Waals surface area contributed by atoms with Gasteiger partial charge in [0.1, 0.15) is 5.82 Å². The number of rotatable bonds is 5. The average Bonchev–Trinajstić information content (AvgIpc) is 3.09. The van der Waals surface area contributed by atoms with Crippen molar-refractivity contribution in [2.45, 2.75) is 12.6 Å². The number of hydrogen-bond acceptors (Lipinski definition) is 2. The summed E-state index contributed by atoms with van der Waals surface area (Å²) in [6.45, 7) is 0.751. The van der Waals surface area contributed by atoms with Crippen molar-refractivity contribution in [2.75, 3.05) is 0 Å². The van der Waals surface area contributed by atoms with Crippen molar-refractivity contribution >= 4 is 34.8 Å². The molecule has 4 aromatic rings. The summed E-state index contributed by atoms with van der Waals surface area (Å²) in [5, 5.41) is 6.95. The summed E-state index contributed by atoms with van der Waals surface area (Å²) in [7, 11) is 2.02. The van der Waals surface area contributed by atoms with Crippen molar-refractivity contribution in [3.05, 3.63) is 101 Å². The molecule has 1 atom stereocenters. The van der Waals surface area contributed by atoms with Crippen molar-refractivity contribution in [1.29, 1.82) is 0 Å². The Kier molecular flexibility index (Phi) is 6.17. The number of hydrogen-bond donors (Lipinski definition) is 1. The maximum Gasteiger partial charge on any atom is 0.130 e. The van der Waals surface area contributed by atoms with Crippen molar-refractivity contribution < 1.29 is 0 Å². The van der Waals surface area contributed by atoms with E-state index < -0.39 is 0 Å². The fourth-order valence-electron chi connectivity index (χ4n) is 3.33. The SMILES string of the molecule is Cl.Cn1ccnc1C(NCc1cccc2ccccc12)c1ccc(Cl)cc1. The van der Waals surface area contributed by atoms with Crippen LogP contribution in [0.15, 0.2) is 79.1 Å². The van der Waals surface area contributed by atoms with Gasteiger partial charge in [-0.2, -0.15) is 0 Å². The fraction of sp³-hybridized carbons (Fsp3) is 0.136. The van der Waals surface area contributed by atoms with Crippen LogP contribution in [0.2, 0.25) is 5.02 Å². The second-order valence-electron chi connectivity index (χ2n) is 6.40. The van der Waals surface area contributed by atoms with Gasteiger partial charge in [-0.1, -0.05) is 66.2 Å². The zero-order chi connectivity index (χ0) is 17.9. The fourth-order valence-corrected chi connectivity index (χ4v) is 3.45. The van der Waals surface area contributed by atoms with E-state index in [1.54, 1.807) is 0 Å². The van der Waals surface area contributed by atoms with E-state index >= 15 is 0 Å². The van der Waals surface area contributed by atoms with Crippen LogP contribution in [0.4, 0.5) is 0 Å². The van der Waals surface area contributed by atoms with Crippen molar-refractivity contribution in [3.8, 4) is 0 Å². The second kappa shape index (κ2) is 8.57. The Hall–Kier alpha value is -2.33. The molecule has 0 aliphatic rings. The Balaban J connectivity index is 0.00000210. The number of aromatic nitrogens is 2. The highest BCUT2D eigenvalue weighted by Crippen LogP contribution is 2.24. The predicted molar refractivity (Wildman–Crippen MR) is 115 cm³/mol. The van der Waals surface area contributed by atoms with Gasteiger partial charge in [0.05, 0.1) is 6.04 Å². The first-order chi connectivity index (χ1) is 12.7. The number of halogens is 2. The Morgan fingerprint density at radius 3 is 2.48 bits per heavy atom. The molecule has 1 aromatic heterocycles. The topological polar surface area (TPSA) is 29.9 Å². The largest absolute Gasteiger partial charge is 0.336 e. The highest BCUT2D eigenvalue weighted by atomic mass is 35.5. The molecule has 4 rings (SSSR count). The first-order valence-corrected chi connectivity index (χ1v) is 9.03. The molecule has 0 spiro atoms. The first-order valence-electron chi connectivity index (χ1n) is 8.65. The molecule has 1 unspecified atom stereocenters. The molecule has 1 N–H and O–H groups in total. The second-order valence-corrected chi connectivity index (χ2v) is 6.84. The molecule has 0 amide bonds. The van der Waals surface area contributed by atoms with Crippen molar-refractivity contribution in [3.63, 3.8) is 0 Å². The maximum absolute atomic E-state index is 6.07. The molecule has 0 saturated carbocycles. The zero-order valence-corrected chi connectivity index (χ0v) is 16.5. The van der Waals surface area contributed by atoms with E-state index in [-0.39, 0.29) is 18.4 Å². The highest BCUT2D eigenvalue weighted by Gasteiger charge is 2.18. The van der Waals surface area contributed by atoms with Crippen LogP contribution < -0.4 is 5.32 Å². The Labute approximate surface area is 170 Å². The minimum atomic E-state index is -0.00812. The van der Waals surface area contributed by atoms with E-state index in [1.165, 1.54) is 16.3 Å². The lowest BCUT2D eigenvalue weighted by Crippen LogP contribution is -2.24. The quantitative estimate of drug-likeness (QED) is 0.479. The first kappa shape index (κ1) is 19.4. The summed E-state index contributed by atoms with van der Waals surface area (Å²) in [5.41, 5.74) is 2.42. The highest BCUT2D eigenvalue weighted by molar-refractivity contribution is 6.30. The zero-order valence-electron chi connectivity index (χ0n) is 15.0. The van der Waals surface area contributed by atoms with E-state index in [0.717, 1.165) is 23.0 Å². The molecular formula is C22H21Cl2N3. The molecule has 1 heterocycles. The number of benzene rings is 3. The Bertz CT molecular complexity index is 1020. The van der Waals surface area contributed by atoms with E-state index in [9.17, 15) is 0 Å². The van der Waals surface area contributed by atoms with Gasteiger partial charge in [0, 0.05) is 31.0 Å². The summed E-state index contributed by atoms with van der Waals surface area (Å²) in [5.74, 6) is 0.979. The number of nitrogens with one attached hydrogen (secondary N) is 1. The van der Waals surface area contributed by atoms with E-state index in [4.69, 9.17) is 11.6 Å². The lowest BCUT2D eigenvalue weighted by Gasteiger charge is -2.20. The third kappa shape index (κ3) is 4.16. The maximum atomic E-state index is 6.07. The van der Waals surface area contributed by atoms with Gasteiger partial charge in [-0.3, -0.25) is 5.32 Å². The average molecular weight is 398 g/mol. The third-order valence-corrected chi connectivity index (χ3v) is 4.95. The summed E-state index contributed by atoms with van der Waals surface area (Å²) in [6.07, 6.45) is 3.80. The van der Waals surface area contributed by atoms with Crippen LogP contribution in [0.3, 0.4) is 0 Å². The summed E-state index contributed by atoms with van der Waals surface area (Å²) in [6, 6.07) is 22.8. The molecule has 0 bridgehead atoms. The standard InChI is InChI=1S/C22H20ClN3.ClH/c1-26-14-13-24-22(26)21(17-9-11-19(23)12-10-17)25-15-18-7-4-6-16-5-2-3-8-20(16)18;/h2-14,21,25H,15H2,1H3;1H.